The van der Waals surface area contributed by atoms with Gasteiger partial charge in [0.1, 0.15) is 18.0 Å². The van der Waals surface area contributed by atoms with Crippen LogP contribution >= 0.6 is 0 Å². The van der Waals surface area contributed by atoms with Gasteiger partial charge in [0.2, 0.25) is 0 Å². The Morgan fingerprint density at radius 3 is 3.00 bits per heavy atom. The van der Waals surface area contributed by atoms with E-state index in [0.717, 1.165) is 49.2 Å². The summed E-state index contributed by atoms with van der Waals surface area (Å²) in [7, 11) is 0. The van der Waals surface area contributed by atoms with Crippen LogP contribution in [0.15, 0.2) is 18.2 Å². The van der Waals surface area contributed by atoms with Crippen molar-refractivity contribution >= 4 is 6.09 Å². The minimum absolute atomic E-state index is 0.0528. The van der Waals surface area contributed by atoms with E-state index in [1.54, 1.807) is 0 Å². The highest BCUT2D eigenvalue weighted by atomic mass is 16.6. The highest BCUT2D eigenvalue weighted by Crippen LogP contribution is 2.46. The minimum atomic E-state index is -0.502. The summed E-state index contributed by atoms with van der Waals surface area (Å²) < 4.78 is 11.6. The summed E-state index contributed by atoms with van der Waals surface area (Å²) in [6.07, 6.45) is 2.53. The molecule has 2 bridgehead atoms. The monoisotopic (exact) mass is 359 g/mol. The minimum Gasteiger partial charge on any atom is -0.492 e. The van der Waals surface area contributed by atoms with Crippen molar-refractivity contribution in [3.05, 3.63) is 29.3 Å². The first-order valence-corrected chi connectivity index (χ1v) is 9.53. The highest BCUT2D eigenvalue weighted by molar-refractivity contribution is 5.71. The third-order valence-electron chi connectivity index (χ3n) is 5.64. The topological polar surface area (TPSA) is 76.8 Å². The fourth-order valence-corrected chi connectivity index (χ4v) is 4.52. The van der Waals surface area contributed by atoms with Crippen molar-refractivity contribution < 1.29 is 14.3 Å². The molecule has 2 fully saturated rings. The summed E-state index contributed by atoms with van der Waals surface area (Å²) in [5, 5.41) is 3.51. The molecule has 0 aromatic heterocycles. The number of rotatable bonds is 1. The van der Waals surface area contributed by atoms with E-state index in [9.17, 15) is 4.79 Å². The molecule has 3 aliphatic heterocycles. The molecule has 3 N–H and O–H groups in total. The first-order valence-electron chi connectivity index (χ1n) is 9.53. The second-order valence-corrected chi connectivity index (χ2v) is 8.80. The third-order valence-corrected chi connectivity index (χ3v) is 5.64. The van der Waals surface area contributed by atoms with Crippen molar-refractivity contribution in [1.82, 2.24) is 10.2 Å². The molecule has 26 heavy (non-hydrogen) atoms. The fourth-order valence-electron chi connectivity index (χ4n) is 4.52. The Balaban J connectivity index is 1.69. The second kappa shape index (κ2) is 6.13. The first kappa shape index (κ1) is 17.6. The number of nitrogens with one attached hydrogen (secondary N) is 1. The normalized spacial score (nSPS) is 30.5. The van der Waals surface area contributed by atoms with Crippen LogP contribution in [-0.4, -0.2) is 48.4 Å². The van der Waals surface area contributed by atoms with E-state index in [1.165, 1.54) is 0 Å². The predicted molar refractivity (Wildman–Crippen MR) is 99.3 cm³/mol. The van der Waals surface area contributed by atoms with Gasteiger partial charge in [-0.25, -0.2) is 4.79 Å². The standard InChI is InChI=1S/C20H29N3O3/c1-19(2,3)26-18(24)23-16-6-7-20(23,12-22-10-16)14-5-4-13-8-15(21)11-25-17(13)9-14/h4-5,9,15-16,22H,6-8,10-12,21H2,1-3H3. The van der Waals surface area contributed by atoms with Crippen LogP contribution in [0.4, 0.5) is 4.79 Å². The maximum Gasteiger partial charge on any atom is 0.411 e. The zero-order chi connectivity index (χ0) is 18.5. The Morgan fingerprint density at radius 2 is 2.23 bits per heavy atom. The third kappa shape index (κ3) is 2.95. The number of carbonyl (C=O) groups is 1. The molecule has 3 unspecified atom stereocenters. The van der Waals surface area contributed by atoms with E-state index in [1.807, 2.05) is 25.7 Å². The van der Waals surface area contributed by atoms with Gasteiger partial charge in [0, 0.05) is 25.2 Å². The number of nitrogens with zero attached hydrogens (tertiary/aromatic N) is 1. The van der Waals surface area contributed by atoms with Crippen LogP contribution in [-0.2, 0) is 16.7 Å². The second-order valence-electron chi connectivity index (χ2n) is 8.80. The van der Waals surface area contributed by atoms with Gasteiger partial charge in [-0.15, -0.1) is 0 Å². The summed E-state index contributed by atoms with van der Waals surface area (Å²) in [5.41, 5.74) is 7.39. The molecule has 6 heteroatoms. The van der Waals surface area contributed by atoms with E-state index in [0.29, 0.717) is 6.61 Å². The molecule has 0 spiro atoms. The van der Waals surface area contributed by atoms with Gasteiger partial charge in [-0.1, -0.05) is 12.1 Å². The van der Waals surface area contributed by atoms with Gasteiger partial charge in [0.15, 0.2) is 0 Å². The fraction of sp³-hybridized carbons (Fsp3) is 0.650. The molecule has 1 amide bonds. The lowest BCUT2D eigenvalue weighted by Crippen LogP contribution is -2.61. The smallest absolute Gasteiger partial charge is 0.411 e. The SMILES string of the molecule is CC(C)(C)OC(=O)N1C2CCC1(c1ccc3c(c1)OCC(N)C3)CNC2. The maximum absolute atomic E-state index is 13.0. The highest BCUT2D eigenvalue weighted by Gasteiger charge is 2.53. The Labute approximate surface area is 155 Å². The quantitative estimate of drug-likeness (QED) is 0.803. The molecule has 6 nitrogen and oxygen atoms in total. The van der Waals surface area contributed by atoms with Crippen LogP contribution in [0.25, 0.3) is 0 Å². The summed E-state index contributed by atoms with van der Waals surface area (Å²) in [5.74, 6) is 0.900. The maximum atomic E-state index is 13.0. The molecular weight excluding hydrogens is 330 g/mol. The van der Waals surface area contributed by atoms with Crippen molar-refractivity contribution in [3.63, 3.8) is 0 Å². The largest absolute Gasteiger partial charge is 0.492 e. The van der Waals surface area contributed by atoms with Crippen LogP contribution in [0.2, 0.25) is 0 Å². The summed E-state index contributed by atoms with van der Waals surface area (Å²) in [6.45, 7) is 7.84. The number of hydrogen-bond acceptors (Lipinski definition) is 5. The van der Waals surface area contributed by atoms with Crippen molar-refractivity contribution in [1.29, 1.82) is 0 Å². The zero-order valence-electron chi connectivity index (χ0n) is 15.9. The van der Waals surface area contributed by atoms with E-state index in [2.05, 4.69) is 23.5 Å². The van der Waals surface area contributed by atoms with Gasteiger partial charge in [-0.3, -0.25) is 4.90 Å². The number of carbonyl (C=O) groups excluding carboxylic acids is 1. The molecule has 2 saturated heterocycles. The number of benzene rings is 1. The number of amides is 1. The molecule has 1 aromatic rings. The van der Waals surface area contributed by atoms with E-state index in [-0.39, 0.29) is 23.7 Å². The Hall–Kier alpha value is -1.79. The first-order chi connectivity index (χ1) is 12.3. The zero-order valence-corrected chi connectivity index (χ0v) is 15.9. The Bertz CT molecular complexity index is 711. The molecule has 0 saturated carbocycles. The number of nitrogens with two attached hydrogens (primary N) is 1. The predicted octanol–water partition coefficient (Wildman–Crippen LogP) is 2.15. The van der Waals surface area contributed by atoms with Crippen LogP contribution in [0, 0.1) is 0 Å². The van der Waals surface area contributed by atoms with Crippen LogP contribution < -0.4 is 15.8 Å². The van der Waals surface area contributed by atoms with Crippen molar-refractivity contribution in [2.45, 2.75) is 63.3 Å². The molecule has 0 aliphatic carbocycles. The summed E-state index contributed by atoms with van der Waals surface area (Å²) >= 11 is 0. The lowest BCUT2D eigenvalue weighted by molar-refractivity contribution is -0.0115. The summed E-state index contributed by atoms with van der Waals surface area (Å²) in [6, 6.07) is 6.56. The van der Waals surface area contributed by atoms with Crippen LogP contribution in [0.1, 0.15) is 44.7 Å². The number of piperazine rings is 1. The average molecular weight is 359 g/mol. The molecule has 0 radical (unpaired) electrons. The Kier molecular flexibility index (Phi) is 4.15. The number of hydrogen-bond donors (Lipinski definition) is 2. The summed E-state index contributed by atoms with van der Waals surface area (Å²) in [4.78, 5) is 15.0. The number of fused-ring (bicyclic) bond motifs is 3. The van der Waals surface area contributed by atoms with Crippen molar-refractivity contribution in [2.24, 2.45) is 5.73 Å². The van der Waals surface area contributed by atoms with E-state index in [4.69, 9.17) is 15.2 Å². The molecule has 142 valence electrons. The van der Waals surface area contributed by atoms with Crippen molar-refractivity contribution in [3.8, 4) is 5.75 Å². The van der Waals surface area contributed by atoms with Crippen molar-refractivity contribution in [2.75, 3.05) is 19.7 Å². The molecule has 1 aromatic carbocycles. The van der Waals surface area contributed by atoms with Gasteiger partial charge in [-0.05, 0) is 57.2 Å². The van der Waals surface area contributed by atoms with Gasteiger partial charge in [-0.2, -0.15) is 0 Å². The van der Waals surface area contributed by atoms with E-state index < -0.39 is 5.60 Å². The van der Waals surface area contributed by atoms with Gasteiger partial charge in [0.05, 0.1) is 5.54 Å². The Morgan fingerprint density at radius 1 is 1.42 bits per heavy atom. The van der Waals surface area contributed by atoms with E-state index >= 15 is 0 Å². The average Bonchev–Trinajstić information content (AvgIpc) is 2.80. The molecule has 3 aliphatic rings. The van der Waals surface area contributed by atoms with Gasteiger partial charge >= 0.3 is 6.09 Å². The van der Waals surface area contributed by atoms with Crippen LogP contribution in [0.5, 0.6) is 5.75 Å². The molecule has 3 heterocycles. The lowest BCUT2D eigenvalue weighted by Gasteiger charge is -2.45. The molecule has 3 atom stereocenters. The molecule has 4 rings (SSSR count). The number of ether oxygens (including phenoxy) is 2. The lowest BCUT2D eigenvalue weighted by atomic mass is 9.85. The molecular formula is C20H29N3O3. The van der Waals surface area contributed by atoms with Crippen LogP contribution in [0.3, 0.4) is 0 Å². The van der Waals surface area contributed by atoms with Gasteiger partial charge < -0.3 is 20.5 Å². The van der Waals surface area contributed by atoms with Gasteiger partial charge in [0.25, 0.3) is 0 Å².